The molecule has 0 aliphatic heterocycles. The lowest BCUT2D eigenvalue weighted by molar-refractivity contribution is -0.117. The molecular weight excluding hydrogens is 193 g/mol. The molecular formula is C12H16FNO. The van der Waals surface area contributed by atoms with Crippen LogP contribution in [0, 0.1) is 5.82 Å². The minimum absolute atomic E-state index is 0.192. The first-order valence-corrected chi connectivity index (χ1v) is 5.07. The number of carbonyl (C=O) groups excluding carboxylic acids is 1. The molecule has 0 radical (unpaired) electrons. The molecule has 2 nitrogen and oxygen atoms in total. The van der Waals surface area contributed by atoms with E-state index in [1.165, 1.54) is 6.07 Å². The molecule has 0 saturated carbocycles. The summed E-state index contributed by atoms with van der Waals surface area (Å²) in [5.74, 6) is -0.338. The van der Waals surface area contributed by atoms with Crippen LogP contribution in [0.1, 0.15) is 37.3 Å². The molecule has 2 N–H and O–H groups in total. The highest BCUT2D eigenvalue weighted by Gasteiger charge is 2.06. The van der Waals surface area contributed by atoms with E-state index in [1.807, 2.05) is 19.9 Å². The summed E-state index contributed by atoms with van der Waals surface area (Å²) in [7, 11) is 0. The highest BCUT2D eigenvalue weighted by molar-refractivity contribution is 5.74. The van der Waals surface area contributed by atoms with E-state index in [2.05, 4.69) is 0 Å². The second-order valence-corrected chi connectivity index (χ2v) is 3.97. The lowest BCUT2D eigenvalue weighted by Crippen LogP contribution is -2.11. The van der Waals surface area contributed by atoms with Crippen LogP contribution in [0.4, 0.5) is 4.39 Å². The van der Waals surface area contributed by atoms with E-state index in [4.69, 9.17) is 5.73 Å². The van der Waals surface area contributed by atoms with Gasteiger partial charge in [0.2, 0.25) is 5.91 Å². The lowest BCUT2D eigenvalue weighted by Gasteiger charge is -2.07. The normalized spacial score (nSPS) is 10.7. The number of rotatable bonds is 4. The average molecular weight is 209 g/mol. The van der Waals surface area contributed by atoms with Gasteiger partial charge in [0, 0.05) is 6.42 Å². The molecule has 1 aromatic rings. The standard InChI is InChI=1S/C12H16FNO/c1-8(2)10-4-3-9(11(13)7-10)5-6-12(14)15/h3-4,7-8H,5-6H2,1-2H3,(H2,14,15). The van der Waals surface area contributed by atoms with Gasteiger partial charge in [-0.2, -0.15) is 0 Å². The number of aryl methyl sites for hydroxylation is 1. The number of nitrogens with two attached hydrogens (primary N) is 1. The quantitative estimate of drug-likeness (QED) is 0.812. The number of carbonyl (C=O) groups is 1. The van der Waals surface area contributed by atoms with Crippen molar-refractivity contribution in [2.45, 2.75) is 32.6 Å². The zero-order chi connectivity index (χ0) is 11.4. The summed E-state index contributed by atoms with van der Waals surface area (Å²) in [4.78, 5) is 10.6. The fourth-order valence-corrected chi connectivity index (χ4v) is 1.38. The third kappa shape index (κ3) is 3.35. The Bertz CT molecular complexity index is 361. The molecule has 0 aliphatic carbocycles. The second-order valence-electron chi connectivity index (χ2n) is 3.97. The van der Waals surface area contributed by atoms with Gasteiger partial charge in [0.25, 0.3) is 0 Å². The highest BCUT2D eigenvalue weighted by atomic mass is 19.1. The smallest absolute Gasteiger partial charge is 0.217 e. The molecule has 15 heavy (non-hydrogen) atoms. The van der Waals surface area contributed by atoms with Gasteiger partial charge in [0.05, 0.1) is 0 Å². The predicted molar refractivity (Wildman–Crippen MR) is 58.0 cm³/mol. The largest absolute Gasteiger partial charge is 0.370 e. The number of amides is 1. The van der Waals surface area contributed by atoms with Gasteiger partial charge in [0.1, 0.15) is 5.82 Å². The maximum absolute atomic E-state index is 13.5. The minimum atomic E-state index is -0.401. The summed E-state index contributed by atoms with van der Waals surface area (Å²) >= 11 is 0. The fourth-order valence-electron chi connectivity index (χ4n) is 1.38. The van der Waals surface area contributed by atoms with Crippen LogP contribution in [0.25, 0.3) is 0 Å². The van der Waals surface area contributed by atoms with Gasteiger partial charge in [-0.05, 0) is 29.5 Å². The summed E-state index contributed by atoms with van der Waals surface area (Å²) in [6.45, 7) is 4.02. The summed E-state index contributed by atoms with van der Waals surface area (Å²) in [6.07, 6.45) is 0.567. The van der Waals surface area contributed by atoms with E-state index < -0.39 is 5.91 Å². The van der Waals surface area contributed by atoms with Crippen LogP contribution in [0.3, 0.4) is 0 Å². The Morgan fingerprint density at radius 3 is 2.60 bits per heavy atom. The summed E-state index contributed by atoms with van der Waals surface area (Å²) in [5, 5.41) is 0. The van der Waals surface area contributed by atoms with E-state index in [0.717, 1.165) is 5.56 Å². The van der Waals surface area contributed by atoms with E-state index in [1.54, 1.807) is 6.07 Å². The topological polar surface area (TPSA) is 43.1 Å². The molecule has 0 saturated heterocycles. The van der Waals surface area contributed by atoms with Crippen LogP contribution < -0.4 is 5.73 Å². The van der Waals surface area contributed by atoms with Gasteiger partial charge in [0.15, 0.2) is 0 Å². The van der Waals surface area contributed by atoms with E-state index in [0.29, 0.717) is 17.9 Å². The first-order valence-electron chi connectivity index (χ1n) is 5.07. The van der Waals surface area contributed by atoms with Crippen molar-refractivity contribution in [2.24, 2.45) is 5.73 Å². The van der Waals surface area contributed by atoms with Crippen LogP contribution in [-0.2, 0) is 11.2 Å². The van der Waals surface area contributed by atoms with E-state index in [-0.39, 0.29) is 12.2 Å². The van der Waals surface area contributed by atoms with Crippen LogP contribution in [-0.4, -0.2) is 5.91 Å². The summed E-state index contributed by atoms with van der Waals surface area (Å²) < 4.78 is 13.5. The first-order chi connectivity index (χ1) is 7.00. The van der Waals surface area contributed by atoms with Crippen LogP contribution >= 0.6 is 0 Å². The summed E-state index contributed by atoms with van der Waals surface area (Å²) in [6, 6.07) is 5.15. The number of hydrogen-bond donors (Lipinski definition) is 1. The maximum Gasteiger partial charge on any atom is 0.217 e. The molecule has 0 aliphatic rings. The van der Waals surface area contributed by atoms with Gasteiger partial charge < -0.3 is 5.73 Å². The zero-order valence-electron chi connectivity index (χ0n) is 9.09. The fraction of sp³-hybridized carbons (Fsp3) is 0.417. The molecule has 0 fully saturated rings. The molecule has 3 heteroatoms. The number of hydrogen-bond acceptors (Lipinski definition) is 1. The van der Waals surface area contributed by atoms with Gasteiger partial charge in [-0.15, -0.1) is 0 Å². The summed E-state index contributed by atoms with van der Waals surface area (Å²) in [5.41, 5.74) is 6.53. The third-order valence-electron chi connectivity index (χ3n) is 2.38. The van der Waals surface area contributed by atoms with Crippen molar-refractivity contribution in [2.75, 3.05) is 0 Å². The van der Waals surface area contributed by atoms with Gasteiger partial charge >= 0.3 is 0 Å². The number of halogens is 1. The minimum Gasteiger partial charge on any atom is -0.370 e. The number of benzene rings is 1. The Balaban J connectivity index is 2.79. The Morgan fingerprint density at radius 2 is 2.13 bits per heavy atom. The predicted octanol–water partition coefficient (Wildman–Crippen LogP) is 2.37. The van der Waals surface area contributed by atoms with E-state index in [9.17, 15) is 9.18 Å². The van der Waals surface area contributed by atoms with Crippen molar-refractivity contribution in [3.8, 4) is 0 Å². The molecule has 0 aromatic heterocycles. The van der Waals surface area contributed by atoms with Gasteiger partial charge in [-0.3, -0.25) is 4.79 Å². The Labute approximate surface area is 89.3 Å². The molecule has 0 unspecified atom stereocenters. The highest BCUT2D eigenvalue weighted by Crippen LogP contribution is 2.18. The monoisotopic (exact) mass is 209 g/mol. The van der Waals surface area contributed by atoms with Crippen molar-refractivity contribution in [1.29, 1.82) is 0 Å². The average Bonchev–Trinajstić information content (AvgIpc) is 2.15. The van der Waals surface area contributed by atoms with Gasteiger partial charge in [-0.25, -0.2) is 4.39 Å². The molecule has 1 aromatic carbocycles. The van der Waals surface area contributed by atoms with Crippen LogP contribution in [0.5, 0.6) is 0 Å². The Hall–Kier alpha value is -1.38. The zero-order valence-corrected chi connectivity index (χ0v) is 9.09. The maximum atomic E-state index is 13.5. The lowest BCUT2D eigenvalue weighted by atomic mass is 9.99. The number of primary amides is 1. The molecule has 0 atom stereocenters. The van der Waals surface area contributed by atoms with E-state index >= 15 is 0 Å². The van der Waals surface area contributed by atoms with Crippen molar-refractivity contribution >= 4 is 5.91 Å². The third-order valence-corrected chi connectivity index (χ3v) is 2.38. The van der Waals surface area contributed by atoms with Crippen molar-refractivity contribution in [1.82, 2.24) is 0 Å². The Morgan fingerprint density at radius 1 is 1.47 bits per heavy atom. The molecule has 0 heterocycles. The van der Waals surface area contributed by atoms with Crippen molar-refractivity contribution in [3.63, 3.8) is 0 Å². The van der Waals surface area contributed by atoms with Crippen LogP contribution in [0.2, 0.25) is 0 Å². The SMILES string of the molecule is CC(C)c1ccc(CCC(N)=O)c(F)c1. The molecule has 0 spiro atoms. The Kier molecular flexibility index (Phi) is 3.83. The first kappa shape index (κ1) is 11.7. The van der Waals surface area contributed by atoms with Gasteiger partial charge in [-0.1, -0.05) is 26.0 Å². The van der Waals surface area contributed by atoms with Crippen LogP contribution in [0.15, 0.2) is 18.2 Å². The molecule has 1 rings (SSSR count). The van der Waals surface area contributed by atoms with Crippen molar-refractivity contribution in [3.05, 3.63) is 35.1 Å². The molecule has 0 bridgehead atoms. The van der Waals surface area contributed by atoms with Crippen molar-refractivity contribution < 1.29 is 9.18 Å². The molecule has 82 valence electrons. The second kappa shape index (κ2) is 4.91. The molecule has 1 amide bonds.